The summed E-state index contributed by atoms with van der Waals surface area (Å²) in [6, 6.07) is 1.91. The van der Waals surface area contributed by atoms with Crippen LogP contribution in [0.4, 0.5) is 10.4 Å². The summed E-state index contributed by atoms with van der Waals surface area (Å²) in [5.74, 6) is -1.03. The van der Waals surface area contributed by atoms with Crippen LogP contribution in [-0.2, 0) is 16.0 Å². The molecule has 5 rings (SSSR count). The van der Waals surface area contributed by atoms with Crippen LogP contribution in [0.5, 0.6) is 5.75 Å². The number of pyridine rings is 1. The van der Waals surface area contributed by atoms with E-state index in [1.54, 1.807) is 27.7 Å². The van der Waals surface area contributed by atoms with Gasteiger partial charge in [-0.05, 0) is 110 Å². The molecule has 1 fully saturated rings. The Morgan fingerprint density at radius 2 is 1.87 bits per heavy atom. The van der Waals surface area contributed by atoms with Crippen molar-refractivity contribution in [1.82, 2.24) is 20.1 Å². The number of halogens is 1. The molecule has 0 bridgehead atoms. The summed E-state index contributed by atoms with van der Waals surface area (Å²) < 4.78 is 33.7. The summed E-state index contributed by atoms with van der Waals surface area (Å²) in [7, 11) is 2.10. The molecule has 3 aromatic rings. The molecule has 2 aromatic heterocycles. The second kappa shape index (κ2) is 12.9. The third kappa shape index (κ3) is 6.89. The molecule has 0 unspecified atom stereocenters. The molecule has 45 heavy (non-hydrogen) atoms. The highest BCUT2D eigenvalue weighted by atomic mass is 19.1. The van der Waals surface area contributed by atoms with Gasteiger partial charge in [0.25, 0.3) is 0 Å². The van der Waals surface area contributed by atoms with Gasteiger partial charge in [0.15, 0.2) is 17.7 Å². The predicted octanol–water partition coefficient (Wildman–Crippen LogP) is 6.16. The van der Waals surface area contributed by atoms with Crippen LogP contribution in [0.25, 0.3) is 22.8 Å². The number of benzene rings is 1. The number of allylic oxidation sites excluding steroid dienone is 1. The maximum Gasteiger partial charge on any atom is 0.337 e. The fraction of sp³-hybridized carbons (Fsp3) is 0.529. The standard InChI is InChI=1S/C34H44FN5O5/c1-19(31-37-38-33(44-31)40-13-10-12-39(8)14-15-40)17-25-21(3)36-22(4)27(30(32(41)42)45-34(5,6)7)28(25)24-18-26(35)29-23(20(24)2)11-9-16-43-29/h17-18,30H,9-16H2,1-8H3,(H,41,42)/b19-17+/t30-/m0/s1. The highest BCUT2D eigenvalue weighted by Crippen LogP contribution is 2.44. The largest absolute Gasteiger partial charge is 0.490 e. The maximum absolute atomic E-state index is 15.7. The molecule has 1 aromatic carbocycles. The number of hydrogen-bond acceptors (Lipinski definition) is 9. The lowest BCUT2D eigenvalue weighted by Crippen LogP contribution is -2.29. The topological polar surface area (TPSA) is 114 Å². The van der Waals surface area contributed by atoms with E-state index in [9.17, 15) is 9.90 Å². The number of anilines is 1. The summed E-state index contributed by atoms with van der Waals surface area (Å²) in [5, 5.41) is 19.2. The van der Waals surface area contributed by atoms with Crippen molar-refractivity contribution in [1.29, 1.82) is 0 Å². The lowest BCUT2D eigenvalue weighted by atomic mass is 9.84. The number of rotatable bonds is 7. The smallest absolute Gasteiger partial charge is 0.337 e. The SMILES string of the molecule is C/C(=C\c1c(C)nc(C)c([C@H](OC(C)(C)C)C(=O)O)c1-c1cc(F)c2c(c1C)CCCO2)c1nnc(N2CCCN(C)CC2)o1. The molecule has 10 nitrogen and oxygen atoms in total. The van der Waals surface area contributed by atoms with Gasteiger partial charge in [-0.1, -0.05) is 5.10 Å². The molecule has 0 amide bonds. The lowest BCUT2D eigenvalue weighted by Gasteiger charge is -2.30. The Morgan fingerprint density at radius 3 is 2.58 bits per heavy atom. The number of aryl methyl sites for hydroxylation is 2. The molecular weight excluding hydrogens is 577 g/mol. The summed E-state index contributed by atoms with van der Waals surface area (Å²) in [4.78, 5) is 22.0. The third-order valence-corrected chi connectivity index (χ3v) is 8.42. The highest BCUT2D eigenvalue weighted by Gasteiger charge is 2.34. The predicted molar refractivity (Wildman–Crippen MR) is 171 cm³/mol. The Bertz CT molecular complexity index is 1630. The number of carbonyl (C=O) groups is 1. The van der Waals surface area contributed by atoms with Gasteiger partial charge in [0.05, 0.1) is 12.2 Å². The van der Waals surface area contributed by atoms with Gasteiger partial charge in [0.2, 0.25) is 5.89 Å². The Hall–Kier alpha value is -3.83. The molecule has 11 heteroatoms. The number of carboxylic acid groups (broad SMARTS) is 1. The summed E-state index contributed by atoms with van der Waals surface area (Å²) in [6.45, 7) is 16.8. The van der Waals surface area contributed by atoms with Crippen LogP contribution in [0, 0.1) is 26.6 Å². The number of ether oxygens (including phenoxy) is 2. The Balaban J connectivity index is 1.71. The Morgan fingerprint density at radius 1 is 1.11 bits per heavy atom. The second-order valence-corrected chi connectivity index (χ2v) is 13.1. The van der Waals surface area contributed by atoms with Gasteiger partial charge in [-0.15, -0.1) is 5.10 Å². The molecule has 0 aliphatic carbocycles. The van der Waals surface area contributed by atoms with Crippen LogP contribution in [-0.4, -0.2) is 76.6 Å². The molecule has 1 saturated heterocycles. The van der Waals surface area contributed by atoms with Gasteiger partial charge in [-0.25, -0.2) is 9.18 Å². The molecule has 4 heterocycles. The number of fused-ring (bicyclic) bond motifs is 1. The van der Waals surface area contributed by atoms with Crippen molar-refractivity contribution in [3.63, 3.8) is 0 Å². The van der Waals surface area contributed by atoms with E-state index in [0.29, 0.717) is 64.1 Å². The monoisotopic (exact) mass is 621 g/mol. The minimum atomic E-state index is -1.36. The molecule has 0 spiro atoms. The Kier molecular flexibility index (Phi) is 9.32. The lowest BCUT2D eigenvalue weighted by molar-refractivity contribution is -0.160. The Labute approximate surface area is 264 Å². The number of likely N-dealkylation sites (N-methyl/N-ethyl adjacent to an activating group) is 1. The summed E-state index contributed by atoms with van der Waals surface area (Å²) in [5.41, 5.74) is 4.78. The fourth-order valence-corrected chi connectivity index (χ4v) is 6.19. The van der Waals surface area contributed by atoms with Gasteiger partial charge in [-0.2, -0.15) is 0 Å². The molecule has 1 N–H and O–H groups in total. The molecule has 0 saturated carbocycles. The zero-order valence-electron chi connectivity index (χ0n) is 27.6. The highest BCUT2D eigenvalue weighted by molar-refractivity contribution is 5.91. The first kappa shape index (κ1) is 32.6. The zero-order chi connectivity index (χ0) is 32.6. The van der Waals surface area contributed by atoms with E-state index < -0.39 is 23.5 Å². The van der Waals surface area contributed by atoms with Crippen LogP contribution in [0.3, 0.4) is 0 Å². The van der Waals surface area contributed by atoms with Gasteiger partial charge in [0, 0.05) is 53.3 Å². The molecular formula is C34H44FN5O5. The minimum absolute atomic E-state index is 0.263. The average Bonchev–Trinajstić information content (AvgIpc) is 3.37. The van der Waals surface area contributed by atoms with Crippen molar-refractivity contribution in [2.75, 3.05) is 44.7 Å². The van der Waals surface area contributed by atoms with Crippen LogP contribution in [0.1, 0.15) is 86.2 Å². The van der Waals surface area contributed by atoms with E-state index in [-0.39, 0.29) is 5.75 Å². The van der Waals surface area contributed by atoms with E-state index in [4.69, 9.17) is 18.9 Å². The third-order valence-electron chi connectivity index (χ3n) is 8.42. The van der Waals surface area contributed by atoms with Crippen molar-refractivity contribution in [3.05, 3.63) is 51.4 Å². The van der Waals surface area contributed by atoms with Crippen molar-refractivity contribution < 1.29 is 28.2 Å². The van der Waals surface area contributed by atoms with Crippen LogP contribution < -0.4 is 9.64 Å². The van der Waals surface area contributed by atoms with Gasteiger partial charge < -0.3 is 28.8 Å². The quantitative estimate of drug-likeness (QED) is 0.329. The van der Waals surface area contributed by atoms with Crippen LogP contribution >= 0.6 is 0 Å². The van der Waals surface area contributed by atoms with Crippen LogP contribution in [0.2, 0.25) is 0 Å². The van der Waals surface area contributed by atoms with Gasteiger partial charge in [-0.3, -0.25) is 4.98 Å². The van der Waals surface area contributed by atoms with Crippen LogP contribution in [0.15, 0.2) is 10.5 Å². The van der Waals surface area contributed by atoms with E-state index in [1.165, 1.54) is 6.07 Å². The summed E-state index contributed by atoms with van der Waals surface area (Å²) >= 11 is 0. The maximum atomic E-state index is 15.7. The summed E-state index contributed by atoms with van der Waals surface area (Å²) in [6.07, 6.45) is 2.93. The average molecular weight is 622 g/mol. The second-order valence-electron chi connectivity index (χ2n) is 13.1. The van der Waals surface area contributed by atoms with Crippen molar-refractivity contribution in [3.8, 4) is 16.9 Å². The van der Waals surface area contributed by atoms with E-state index in [2.05, 4.69) is 27.0 Å². The molecule has 1 atom stereocenters. The number of hydrogen-bond donors (Lipinski definition) is 1. The number of carboxylic acids is 1. The molecule has 0 radical (unpaired) electrons. The molecule has 2 aliphatic heterocycles. The van der Waals surface area contributed by atoms with E-state index in [1.807, 2.05) is 26.8 Å². The molecule has 2 aliphatic rings. The first-order chi connectivity index (χ1) is 21.2. The van der Waals surface area contributed by atoms with Crippen molar-refractivity contribution in [2.45, 2.75) is 79.4 Å². The van der Waals surface area contributed by atoms with Gasteiger partial charge >= 0.3 is 12.0 Å². The van der Waals surface area contributed by atoms with E-state index >= 15 is 4.39 Å². The first-order valence-electron chi connectivity index (χ1n) is 15.6. The minimum Gasteiger partial charge on any atom is -0.490 e. The fourth-order valence-electron chi connectivity index (χ4n) is 6.19. The van der Waals surface area contributed by atoms with E-state index in [0.717, 1.165) is 50.1 Å². The normalized spacial score (nSPS) is 17.1. The number of aromatic nitrogens is 3. The van der Waals surface area contributed by atoms with Gasteiger partial charge in [0.1, 0.15) is 0 Å². The van der Waals surface area contributed by atoms with Crippen molar-refractivity contribution >= 4 is 23.6 Å². The number of aliphatic carboxylic acids is 1. The first-order valence-corrected chi connectivity index (χ1v) is 15.6. The number of nitrogens with zero attached hydrogens (tertiary/aromatic N) is 5. The molecule has 242 valence electrons. The van der Waals surface area contributed by atoms with Crippen molar-refractivity contribution in [2.24, 2.45) is 0 Å². The zero-order valence-corrected chi connectivity index (χ0v) is 27.6.